The van der Waals surface area contributed by atoms with Crippen molar-refractivity contribution >= 4 is 34.7 Å². The molecule has 8 aliphatic rings. The summed E-state index contributed by atoms with van der Waals surface area (Å²) >= 11 is 1.46. The fourth-order valence-corrected chi connectivity index (χ4v) is 13.5. The Kier molecular flexibility index (Phi) is 7.50. The molecule has 14 nitrogen and oxygen atoms in total. The maximum Gasteiger partial charge on any atom is 0.335 e. The van der Waals surface area contributed by atoms with E-state index in [1.807, 2.05) is 38.1 Å². The Labute approximate surface area is 337 Å². The van der Waals surface area contributed by atoms with Crippen LogP contribution in [0.15, 0.2) is 34.7 Å². The van der Waals surface area contributed by atoms with Gasteiger partial charge < -0.3 is 38.3 Å². The molecule has 3 unspecified atom stereocenters. The van der Waals surface area contributed by atoms with Crippen LogP contribution in [0.3, 0.4) is 0 Å². The van der Waals surface area contributed by atoms with Crippen LogP contribution in [0.1, 0.15) is 82.3 Å². The average molecular weight is 807 g/mol. The number of piperazine rings is 1. The molecule has 8 atom stereocenters. The Hall–Kier alpha value is -4.98. The lowest BCUT2D eigenvalue weighted by molar-refractivity contribution is -0.158. The summed E-state index contributed by atoms with van der Waals surface area (Å²) in [4.78, 5) is 32.7. The first-order valence-electron chi connectivity index (χ1n) is 19.6. The van der Waals surface area contributed by atoms with Crippen LogP contribution in [0.2, 0.25) is 0 Å². The minimum atomic E-state index is -1.54. The first-order valence-corrected chi connectivity index (χ1v) is 20.7. The number of phenolic OH excluding ortho intramolecular Hbond substituents is 1. The van der Waals surface area contributed by atoms with Crippen molar-refractivity contribution < 1.29 is 47.9 Å². The molecule has 300 valence electrons. The summed E-state index contributed by atoms with van der Waals surface area (Å²) in [6.45, 7) is 7.10. The fraction of sp³-hybridized carbons (Fsp3) is 0.465. The molecule has 0 saturated carbocycles. The van der Waals surface area contributed by atoms with E-state index in [4.69, 9.17) is 28.1 Å². The Bertz CT molecular complexity index is 2570. The summed E-state index contributed by atoms with van der Waals surface area (Å²) in [5.74, 6) is 1.07. The molecule has 1 spiro atoms. The predicted molar refractivity (Wildman–Crippen MR) is 208 cm³/mol. The summed E-state index contributed by atoms with van der Waals surface area (Å²) < 4.78 is 37.5. The number of fused-ring (bicyclic) bond motifs is 11. The van der Waals surface area contributed by atoms with Gasteiger partial charge in [-0.1, -0.05) is 18.2 Å². The lowest BCUT2D eigenvalue weighted by Gasteiger charge is -2.58. The van der Waals surface area contributed by atoms with E-state index < -0.39 is 58.0 Å². The zero-order chi connectivity index (χ0) is 40.2. The number of aliphatic hydroxyl groups excluding tert-OH is 1. The maximum absolute atomic E-state index is 15.1. The van der Waals surface area contributed by atoms with Crippen LogP contribution in [0.25, 0.3) is 11.0 Å². The number of rotatable bonds is 3. The minimum Gasteiger partial charge on any atom is -0.504 e. The van der Waals surface area contributed by atoms with E-state index in [9.17, 15) is 20.3 Å². The molecule has 0 radical (unpaired) electrons. The number of furan rings is 1. The molecule has 3 aromatic carbocycles. The Morgan fingerprint density at radius 1 is 1.14 bits per heavy atom. The van der Waals surface area contributed by atoms with E-state index in [-0.39, 0.29) is 31.5 Å². The van der Waals surface area contributed by atoms with Gasteiger partial charge in [-0.25, -0.2) is 4.79 Å². The van der Waals surface area contributed by atoms with Crippen LogP contribution in [-0.4, -0.2) is 89.0 Å². The number of carbonyl (C=O) groups is 2. The number of carbonyl (C=O) groups excluding carboxylic acids is 2. The van der Waals surface area contributed by atoms with E-state index >= 15 is 4.79 Å². The van der Waals surface area contributed by atoms with Gasteiger partial charge in [0.1, 0.15) is 29.2 Å². The lowest BCUT2D eigenvalue weighted by Crippen LogP contribution is -2.67. The van der Waals surface area contributed by atoms with Crippen molar-refractivity contribution in [3.8, 4) is 34.8 Å². The van der Waals surface area contributed by atoms with Gasteiger partial charge in [0.25, 0.3) is 0 Å². The number of para-hydroxylation sites is 1. The largest absolute Gasteiger partial charge is 0.504 e. The predicted octanol–water partition coefficient (Wildman–Crippen LogP) is 4.83. The van der Waals surface area contributed by atoms with E-state index in [0.29, 0.717) is 70.4 Å². The molecule has 8 aliphatic heterocycles. The maximum atomic E-state index is 15.1. The molecule has 3 fully saturated rings. The number of thioether (sulfide) groups is 1. The smallest absolute Gasteiger partial charge is 0.335 e. The van der Waals surface area contributed by atoms with E-state index in [1.165, 1.54) is 18.7 Å². The van der Waals surface area contributed by atoms with Crippen molar-refractivity contribution in [2.45, 2.75) is 86.6 Å². The number of nitrogens with zero attached hydrogens (tertiary/aromatic N) is 3. The first-order chi connectivity index (χ1) is 27.9. The summed E-state index contributed by atoms with van der Waals surface area (Å²) in [7, 11) is 1.55. The standard InChI is InChI=1S/C43H42N4O10S/c1-19-10-25-28(33(50)34(19)52-5)31-32-38-30-29(37-36(54-18-55-37)20(2)35(30)56-21(3)49)26(47(32)42(15-44)14-41(25,4)46(31)16-42)13-53-40(51)43(17-58-38)39-24(11-22(12-48)45-43)23-8-6-7-9-27(23)57-39/h6-10,22,26,31-32,38,45,48,50H,11-14,16-18H2,1-5H3/t22-,26-,31+,32?,38+,41?,42?,43+/m0/s1. The van der Waals surface area contributed by atoms with Crippen LogP contribution in [-0.2, 0) is 31.8 Å². The number of phenols is 1. The van der Waals surface area contributed by atoms with E-state index in [1.54, 1.807) is 7.11 Å². The molecular formula is C43H42N4O10S. The Morgan fingerprint density at radius 3 is 2.69 bits per heavy atom. The number of nitriles is 1. The highest BCUT2D eigenvalue weighted by atomic mass is 32.2. The summed E-state index contributed by atoms with van der Waals surface area (Å²) in [6, 6.07) is 10.2. The van der Waals surface area contributed by atoms with Crippen LogP contribution >= 0.6 is 11.8 Å². The molecule has 1 aromatic heterocycles. The summed E-state index contributed by atoms with van der Waals surface area (Å²) in [5, 5.41) is 38.1. The van der Waals surface area contributed by atoms with Gasteiger partial charge in [-0.05, 0) is 50.5 Å². The first kappa shape index (κ1) is 36.1. The van der Waals surface area contributed by atoms with Crippen LogP contribution in [0.4, 0.5) is 0 Å². The van der Waals surface area contributed by atoms with Crippen molar-refractivity contribution in [2.75, 3.05) is 39.4 Å². The molecule has 9 heterocycles. The number of hydrogen-bond acceptors (Lipinski definition) is 15. The Morgan fingerprint density at radius 2 is 1.93 bits per heavy atom. The monoisotopic (exact) mass is 806 g/mol. The number of esters is 2. The van der Waals surface area contributed by atoms with Crippen molar-refractivity contribution in [3.05, 3.63) is 75.0 Å². The summed E-state index contributed by atoms with van der Waals surface area (Å²) in [6.07, 6.45) is 0.845. The SMILES string of the molecule is COc1c(C)cc2c(c1O)[C@@H]1C3[C@@H]4SC[C@]5(N[C@H](CO)Cc6c5oc5ccccc65)C(=O)OC[C@@H](c5c6c(c(C)c(OC(C)=O)c54)OCO6)N3C3(C#N)CN1C2(C)C3. The molecule has 4 aromatic rings. The third kappa shape index (κ3) is 4.31. The highest BCUT2D eigenvalue weighted by Gasteiger charge is 2.72. The molecule has 4 bridgehead atoms. The van der Waals surface area contributed by atoms with Crippen molar-refractivity contribution in [1.82, 2.24) is 15.1 Å². The quantitative estimate of drug-likeness (QED) is 0.190. The van der Waals surface area contributed by atoms with Gasteiger partial charge >= 0.3 is 11.9 Å². The number of ether oxygens (including phenoxy) is 5. The molecule has 0 aliphatic carbocycles. The molecule has 58 heavy (non-hydrogen) atoms. The number of hydrogen-bond donors (Lipinski definition) is 3. The molecule has 12 rings (SSSR count). The number of nitrogens with one attached hydrogen (secondary N) is 1. The van der Waals surface area contributed by atoms with Gasteiger partial charge in [0.15, 0.2) is 28.5 Å². The topological polar surface area (TPSA) is 176 Å². The summed E-state index contributed by atoms with van der Waals surface area (Å²) in [5.41, 5.74) is 2.57. The van der Waals surface area contributed by atoms with Crippen LogP contribution in [0.5, 0.6) is 28.7 Å². The highest BCUT2D eigenvalue weighted by molar-refractivity contribution is 7.99. The number of aryl methyl sites for hydroxylation is 1. The van der Waals surface area contributed by atoms with E-state index in [2.05, 4.69) is 34.2 Å². The fourth-order valence-electron chi connectivity index (χ4n) is 11.8. The number of methoxy groups -OCH3 is 1. The van der Waals surface area contributed by atoms with Gasteiger partial charge in [-0.3, -0.25) is 19.9 Å². The normalized spacial score (nSPS) is 32.6. The number of benzene rings is 3. The van der Waals surface area contributed by atoms with Crippen LogP contribution in [0, 0.1) is 25.2 Å². The van der Waals surface area contributed by atoms with E-state index in [0.717, 1.165) is 27.6 Å². The van der Waals surface area contributed by atoms with Crippen molar-refractivity contribution in [1.29, 1.82) is 5.26 Å². The average Bonchev–Trinajstić information content (AvgIpc) is 3.96. The zero-order valence-electron chi connectivity index (χ0n) is 32.6. The van der Waals surface area contributed by atoms with Gasteiger partial charge in [-0.15, -0.1) is 11.8 Å². The van der Waals surface area contributed by atoms with Crippen molar-refractivity contribution in [3.63, 3.8) is 0 Å². The molecular weight excluding hydrogens is 765 g/mol. The lowest BCUT2D eigenvalue weighted by atomic mass is 9.72. The van der Waals surface area contributed by atoms with Crippen LogP contribution < -0.4 is 24.3 Å². The zero-order valence-corrected chi connectivity index (χ0v) is 33.5. The van der Waals surface area contributed by atoms with Gasteiger partial charge in [0.2, 0.25) is 6.79 Å². The third-order valence-electron chi connectivity index (χ3n) is 13.9. The van der Waals surface area contributed by atoms with Gasteiger partial charge in [-0.2, -0.15) is 5.26 Å². The highest BCUT2D eigenvalue weighted by Crippen LogP contribution is 2.71. The second-order valence-corrected chi connectivity index (χ2v) is 18.1. The second-order valence-electron chi connectivity index (χ2n) is 16.9. The third-order valence-corrected chi connectivity index (χ3v) is 15.4. The molecule has 15 heteroatoms. The van der Waals surface area contributed by atoms with Crippen molar-refractivity contribution in [2.24, 2.45) is 0 Å². The second kappa shape index (κ2) is 12.0. The molecule has 0 amide bonds. The number of aromatic hydroxyl groups is 1. The molecule has 3 saturated heterocycles. The number of aliphatic hydroxyl groups is 1. The van der Waals surface area contributed by atoms with Gasteiger partial charge in [0, 0.05) is 76.5 Å². The minimum absolute atomic E-state index is 0.0531. The Balaban J connectivity index is 1.20. The molecule has 3 N–H and O–H groups in total. The van der Waals surface area contributed by atoms with Gasteiger partial charge in [0.05, 0.1) is 37.1 Å².